The molecule has 10 atom stereocenters. The van der Waals surface area contributed by atoms with E-state index >= 15 is 0 Å². The molecule has 0 unspecified atom stereocenters. The molecule has 2 fully saturated rings. The molecule has 2 saturated heterocycles. The molecule has 0 radical (unpaired) electrons. The second-order valence-corrected chi connectivity index (χ2v) is 12.6. The van der Waals surface area contributed by atoms with Crippen molar-refractivity contribution in [3.8, 4) is 0 Å². The lowest BCUT2D eigenvalue weighted by Gasteiger charge is -2.46. The highest BCUT2D eigenvalue weighted by molar-refractivity contribution is 8.00. The Bertz CT molecular complexity index is 1190. The van der Waals surface area contributed by atoms with Crippen LogP contribution in [0.1, 0.15) is 20.7 Å². The molecule has 248 valence electrons. The quantitative estimate of drug-likeness (QED) is 0.145. The van der Waals surface area contributed by atoms with Crippen LogP contribution >= 0.6 is 11.8 Å². The minimum atomic E-state index is -1.55. The summed E-state index contributed by atoms with van der Waals surface area (Å²) in [7, 11) is 7.42. The van der Waals surface area contributed by atoms with Gasteiger partial charge < -0.3 is 60.5 Å². The Balaban J connectivity index is 1.49. The van der Waals surface area contributed by atoms with Gasteiger partial charge >= 0.3 is 0 Å². The van der Waals surface area contributed by atoms with E-state index in [1.165, 1.54) is 0 Å². The normalized spacial score (nSPS) is 31.6. The summed E-state index contributed by atoms with van der Waals surface area (Å²) in [6, 6.07) is 10.8. The molecule has 2 aliphatic rings. The average Bonchev–Trinajstić information content (AvgIpc) is 3.03. The number of nitrogens with zero attached hydrogens (tertiary/aromatic N) is 2. The summed E-state index contributed by atoms with van der Waals surface area (Å²) in [6.07, 6.45) is -8.49. The van der Waals surface area contributed by atoms with E-state index in [0.29, 0.717) is 0 Å². The fraction of sp³-hybridized carbons (Fsp3) is 0.533. The van der Waals surface area contributed by atoms with E-state index < -0.39 is 84.6 Å². The monoisotopic (exact) mass is 650 g/mol. The van der Waals surface area contributed by atoms with Gasteiger partial charge in [0, 0.05) is 50.7 Å². The Morgan fingerprint density at radius 3 is 1.27 bits per heavy atom. The fourth-order valence-corrected chi connectivity index (χ4v) is 6.50. The summed E-state index contributed by atoms with van der Waals surface area (Å²) in [6.45, 7) is -1.29. The number of nitrogens with one attached hydrogen (secondary N) is 2. The smallest absolute Gasteiger partial charge is 0.251 e. The summed E-state index contributed by atoms with van der Waals surface area (Å²) in [4.78, 5) is 29.8. The maximum atomic E-state index is 13.0. The van der Waals surface area contributed by atoms with Gasteiger partial charge in [0.1, 0.15) is 47.5 Å². The summed E-state index contributed by atoms with van der Waals surface area (Å²) < 4.78 is 11.5. The van der Waals surface area contributed by atoms with Gasteiger partial charge in [-0.25, -0.2) is 0 Å². The maximum absolute atomic E-state index is 13.0. The number of aliphatic hydroxyl groups is 6. The molecule has 45 heavy (non-hydrogen) atoms. The van der Waals surface area contributed by atoms with E-state index in [1.54, 1.807) is 48.5 Å². The van der Waals surface area contributed by atoms with Crippen LogP contribution in [0.5, 0.6) is 0 Å². The average molecular weight is 651 g/mol. The largest absolute Gasteiger partial charge is 0.394 e. The molecule has 2 heterocycles. The standard InChI is InChI=1S/C30H42N4O10S/c1-33(2)17-9-5-15(6-10-17)27(41)31-21-23(37)19(13-35)43-29(25(21)39)45-30-26(40)22(24(38)20(14-36)44-30)32-28(42)16-7-11-18(12-8-16)34(3)4/h5-12,19-26,29-30,35-40H,13-14H2,1-4H3,(H,31,41)(H,32,42)/t19-,20-,21+,22+,23+,24+,25-,26-,29+,30+/m1/s1. The number of carbonyl (C=O) groups excluding carboxylic acids is 2. The molecule has 15 heteroatoms. The third-order valence-corrected chi connectivity index (χ3v) is 9.24. The van der Waals surface area contributed by atoms with Crippen molar-refractivity contribution in [2.24, 2.45) is 0 Å². The molecule has 2 aliphatic heterocycles. The number of anilines is 2. The van der Waals surface area contributed by atoms with Gasteiger partial charge in [-0.3, -0.25) is 9.59 Å². The van der Waals surface area contributed by atoms with Crippen LogP contribution in [0.4, 0.5) is 11.4 Å². The minimum absolute atomic E-state index is 0.275. The second-order valence-electron chi connectivity index (χ2n) is 11.4. The van der Waals surface area contributed by atoms with E-state index in [2.05, 4.69) is 10.6 Å². The number of ether oxygens (including phenoxy) is 2. The summed E-state index contributed by atoms with van der Waals surface area (Å²) in [5.41, 5.74) is -0.228. The number of rotatable bonds is 10. The molecule has 4 rings (SSSR count). The molecule has 0 spiro atoms. The highest BCUT2D eigenvalue weighted by atomic mass is 32.2. The van der Waals surface area contributed by atoms with Crippen LogP contribution in [0.25, 0.3) is 0 Å². The number of hydrogen-bond donors (Lipinski definition) is 8. The van der Waals surface area contributed by atoms with Crippen LogP contribution in [0.2, 0.25) is 0 Å². The van der Waals surface area contributed by atoms with Crippen molar-refractivity contribution >= 4 is 35.0 Å². The topological polar surface area (TPSA) is 205 Å². The molecule has 0 aromatic heterocycles. The van der Waals surface area contributed by atoms with Crippen LogP contribution in [0, 0.1) is 0 Å². The highest BCUT2D eigenvalue weighted by Gasteiger charge is 2.50. The van der Waals surface area contributed by atoms with Crippen molar-refractivity contribution < 1.29 is 49.7 Å². The number of thioether (sulfide) groups is 1. The first kappa shape index (κ1) is 34.9. The second kappa shape index (κ2) is 15.1. The van der Waals surface area contributed by atoms with Gasteiger partial charge in [0.05, 0.1) is 25.3 Å². The maximum Gasteiger partial charge on any atom is 0.251 e. The van der Waals surface area contributed by atoms with Crippen molar-refractivity contribution in [2.75, 3.05) is 51.2 Å². The van der Waals surface area contributed by atoms with Gasteiger partial charge in [0.25, 0.3) is 11.8 Å². The van der Waals surface area contributed by atoms with E-state index in [0.717, 1.165) is 23.1 Å². The number of benzene rings is 2. The van der Waals surface area contributed by atoms with E-state index in [-0.39, 0.29) is 11.1 Å². The van der Waals surface area contributed by atoms with Crippen molar-refractivity contribution in [3.63, 3.8) is 0 Å². The zero-order valence-electron chi connectivity index (χ0n) is 25.4. The Kier molecular flexibility index (Phi) is 11.7. The summed E-state index contributed by atoms with van der Waals surface area (Å²) in [5.74, 6) is -1.16. The molecular formula is C30H42N4O10S. The minimum Gasteiger partial charge on any atom is -0.394 e. The van der Waals surface area contributed by atoms with Gasteiger partial charge in [-0.05, 0) is 48.5 Å². The van der Waals surface area contributed by atoms with Crippen LogP contribution in [-0.4, -0.2) is 143 Å². The number of aliphatic hydroxyl groups excluding tert-OH is 6. The summed E-state index contributed by atoms with van der Waals surface area (Å²) >= 11 is 0.761. The zero-order valence-corrected chi connectivity index (χ0v) is 26.2. The molecule has 2 amide bonds. The predicted octanol–water partition coefficient (Wildman–Crippen LogP) is -1.67. The molecule has 0 aliphatic carbocycles. The Labute approximate surface area is 265 Å². The van der Waals surface area contributed by atoms with Gasteiger partial charge in [0.2, 0.25) is 0 Å². The first-order chi connectivity index (χ1) is 21.4. The third kappa shape index (κ3) is 7.88. The molecule has 0 saturated carbocycles. The van der Waals surface area contributed by atoms with Crippen molar-refractivity contribution in [2.45, 2.75) is 59.6 Å². The third-order valence-electron chi connectivity index (χ3n) is 7.92. The first-order valence-electron chi connectivity index (χ1n) is 14.4. The van der Waals surface area contributed by atoms with E-state index in [1.807, 2.05) is 38.0 Å². The van der Waals surface area contributed by atoms with Crippen LogP contribution < -0.4 is 20.4 Å². The number of carbonyl (C=O) groups is 2. The highest BCUT2D eigenvalue weighted by Crippen LogP contribution is 2.37. The molecule has 0 bridgehead atoms. The van der Waals surface area contributed by atoms with E-state index in [4.69, 9.17) is 9.47 Å². The van der Waals surface area contributed by atoms with Crippen LogP contribution in [0.3, 0.4) is 0 Å². The lowest BCUT2D eigenvalue weighted by atomic mass is 9.96. The van der Waals surface area contributed by atoms with E-state index in [9.17, 15) is 40.2 Å². The lowest BCUT2D eigenvalue weighted by Crippen LogP contribution is -2.66. The molecule has 14 nitrogen and oxygen atoms in total. The van der Waals surface area contributed by atoms with Gasteiger partial charge in [-0.15, -0.1) is 0 Å². The van der Waals surface area contributed by atoms with Gasteiger partial charge in [-0.1, -0.05) is 11.8 Å². The van der Waals surface area contributed by atoms with Crippen molar-refractivity contribution in [1.29, 1.82) is 0 Å². The number of hydrogen-bond acceptors (Lipinski definition) is 13. The Morgan fingerprint density at radius 1 is 0.644 bits per heavy atom. The molecular weight excluding hydrogens is 608 g/mol. The van der Waals surface area contributed by atoms with Gasteiger partial charge in [0.15, 0.2) is 0 Å². The predicted molar refractivity (Wildman–Crippen MR) is 167 cm³/mol. The first-order valence-corrected chi connectivity index (χ1v) is 15.4. The van der Waals surface area contributed by atoms with Crippen LogP contribution in [0.15, 0.2) is 48.5 Å². The molecule has 2 aromatic rings. The number of amides is 2. The molecule has 2 aromatic carbocycles. The molecule has 8 N–H and O–H groups in total. The summed E-state index contributed by atoms with van der Waals surface area (Å²) in [5, 5.41) is 69.1. The lowest BCUT2D eigenvalue weighted by molar-refractivity contribution is -0.175. The Morgan fingerprint density at radius 2 is 0.978 bits per heavy atom. The van der Waals surface area contributed by atoms with Crippen LogP contribution in [-0.2, 0) is 9.47 Å². The van der Waals surface area contributed by atoms with Crippen molar-refractivity contribution in [1.82, 2.24) is 10.6 Å². The van der Waals surface area contributed by atoms with Gasteiger partial charge in [-0.2, -0.15) is 0 Å². The van der Waals surface area contributed by atoms with Crippen molar-refractivity contribution in [3.05, 3.63) is 59.7 Å². The fourth-order valence-electron chi connectivity index (χ4n) is 5.16. The Hall–Kier alpha value is -2.99. The SMILES string of the molecule is CN(C)c1ccc(C(=O)N[C@H]2[C@@H](O)[C@@H](CO)O[C@@H](S[C@@H]3O[C@H](CO)[C@H](O)[C@H](NC(=O)c4ccc(N(C)C)cc4)[C@H]3O)[C@@H]2O)cc1. The zero-order chi connectivity index (χ0) is 33.0.